The number of para-hydroxylation sites is 1. The number of ether oxygens (including phenoxy) is 1. The van der Waals surface area contributed by atoms with E-state index in [4.69, 9.17) is 14.1 Å². The Kier molecular flexibility index (Phi) is 7.17. The monoisotopic (exact) mass is 492 g/mol. The number of hydrogen-bond donors (Lipinski definition) is 0. The summed E-state index contributed by atoms with van der Waals surface area (Å²) < 4.78 is 51.4. The van der Waals surface area contributed by atoms with Crippen LogP contribution in [-0.4, -0.2) is 14.4 Å². The summed E-state index contributed by atoms with van der Waals surface area (Å²) >= 11 is 3.46. The fourth-order valence-electron chi connectivity index (χ4n) is 2.76. The average Bonchev–Trinajstić information content (AvgIpc) is 2.74. The molecule has 0 saturated heterocycles. The summed E-state index contributed by atoms with van der Waals surface area (Å²) in [4.78, 5) is 4.82. The number of hydrogen-bond acceptors (Lipinski definition) is 3. The van der Waals surface area contributed by atoms with E-state index in [-0.39, 0.29) is 0 Å². The van der Waals surface area contributed by atoms with E-state index in [1.807, 2.05) is 78.9 Å². The van der Waals surface area contributed by atoms with Crippen molar-refractivity contribution < 1.29 is 26.4 Å². The van der Waals surface area contributed by atoms with Crippen molar-refractivity contribution in [3.63, 3.8) is 0 Å². The van der Waals surface area contributed by atoms with Gasteiger partial charge in [-0.1, -0.05) is 28.1 Å². The lowest BCUT2D eigenvalue weighted by Gasteiger charge is -2.06. The molecule has 0 fully saturated rings. The number of benzene rings is 3. The van der Waals surface area contributed by atoms with Crippen LogP contribution >= 0.6 is 15.9 Å². The number of fused-ring (bicyclic) bond motifs is 1. The molecular weight excluding hydrogens is 477 g/mol. The van der Waals surface area contributed by atoms with Crippen molar-refractivity contribution in [3.05, 3.63) is 88.7 Å². The SMILES string of the molecule is COc1ccc(-c2cc(=Nc3ccc(Br)cc3)c3ccccc3o2)cc1.F[B-](F)(F)F. The van der Waals surface area contributed by atoms with Gasteiger partial charge in [0.15, 0.2) is 0 Å². The summed E-state index contributed by atoms with van der Waals surface area (Å²) in [5.74, 6) is 1.58. The maximum absolute atomic E-state index is 9.75. The standard InChI is InChI=1S/C22H16BrNO2.BF4/c1-25-18-12-6-15(7-13-18)22-14-20(19-4-2-3-5-21(19)26-22)24-17-10-8-16(23)9-11-17;2-1(3,4)5/h2-14H,1H3;/q;-1. The molecule has 0 atom stereocenters. The first-order valence-electron chi connectivity index (χ1n) is 9.08. The van der Waals surface area contributed by atoms with Crippen LogP contribution in [0.3, 0.4) is 0 Å². The van der Waals surface area contributed by atoms with Crippen molar-refractivity contribution in [1.29, 1.82) is 0 Å². The third-order valence-electron chi connectivity index (χ3n) is 4.10. The molecule has 0 radical (unpaired) electrons. The average molecular weight is 493 g/mol. The minimum atomic E-state index is -6.00. The van der Waals surface area contributed by atoms with Gasteiger partial charge in [0.2, 0.25) is 0 Å². The summed E-state index contributed by atoms with van der Waals surface area (Å²) in [5.41, 5.74) is 2.67. The van der Waals surface area contributed by atoms with E-state index in [1.165, 1.54) is 0 Å². The van der Waals surface area contributed by atoms with Crippen molar-refractivity contribution >= 4 is 39.8 Å². The smallest absolute Gasteiger partial charge is 0.497 e. The van der Waals surface area contributed by atoms with Gasteiger partial charge >= 0.3 is 7.25 Å². The van der Waals surface area contributed by atoms with Gasteiger partial charge < -0.3 is 26.4 Å². The van der Waals surface area contributed by atoms with Gasteiger partial charge in [0.1, 0.15) is 17.1 Å². The lowest BCUT2D eigenvalue weighted by molar-refractivity contribution is 0.368. The first-order valence-corrected chi connectivity index (χ1v) is 9.87. The third kappa shape index (κ3) is 6.72. The molecule has 9 heteroatoms. The van der Waals surface area contributed by atoms with Crippen molar-refractivity contribution in [2.45, 2.75) is 0 Å². The molecule has 1 heterocycles. The topological polar surface area (TPSA) is 34.7 Å². The molecule has 0 saturated carbocycles. The van der Waals surface area contributed by atoms with Crippen LogP contribution in [0, 0.1) is 0 Å². The molecule has 160 valence electrons. The van der Waals surface area contributed by atoms with Crippen LogP contribution < -0.4 is 10.1 Å². The van der Waals surface area contributed by atoms with Gasteiger partial charge in [-0.25, -0.2) is 4.99 Å². The normalized spacial score (nSPS) is 11.7. The van der Waals surface area contributed by atoms with Crippen LogP contribution in [0.5, 0.6) is 5.75 Å². The molecule has 0 aliphatic carbocycles. The van der Waals surface area contributed by atoms with Crippen molar-refractivity contribution in [1.82, 2.24) is 0 Å². The van der Waals surface area contributed by atoms with E-state index in [0.29, 0.717) is 0 Å². The number of rotatable bonds is 3. The fraction of sp³-hybridized carbons (Fsp3) is 0.0455. The zero-order valence-electron chi connectivity index (χ0n) is 16.2. The lowest BCUT2D eigenvalue weighted by Crippen LogP contribution is -2.03. The summed E-state index contributed by atoms with van der Waals surface area (Å²) in [6.45, 7) is 0. The highest BCUT2D eigenvalue weighted by atomic mass is 79.9. The van der Waals surface area contributed by atoms with Gasteiger partial charge in [-0.05, 0) is 60.7 Å². The molecule has 31 heavy (non-hydrogen) atoms. The molecule has 4 rings (SSSR count). The van der Waals surface area contributed by atoms with E-state index in [2.05, 4.69) is 15.9 Å². The highest BCUT2D eigenvalue weighted by Gasteiger charge is 2.20. The Balaban J connectivity index is 0.000000491. The summed E-state index contributed by atoms with van der Waals surface area (Å²) in [5, 5.41) is 1.85. The Bertz CT molecular complexity index is 1220. The lowest BCUT2D eigenvalue weighted by atomic mass is 10.1. The Labute approximate surface area is 184 Å². The van der Waals surface area contributed by atoms with Crippen molar-refractivity contribution in [2.75, 3.05) is 7.11 Å². The molecule has 0 spiro atoms. The molecule has 1 aromatic heterocycles. The molecule has 3 aromatic carbocycles. The third-order valence-corrected chi connectivity index (χ3v) is 4.63. The molecule has 0 bridgehead atoms. The van der Waals surface area contributed by atoms with E-state index in [1.54, 1.807) is 7.11 Å². The maximum atomic E-state index is 9.75. The summed E-state index contributed by atoms with van der Waals surface area (Å²) in [6.07, 6.45) is 0. The van der Waals surface area contributed by atoms with Crippen LogP contribution in [0.15, 0.2) is 92.7 Å². The van der Waals surface area contributed by atoms with Gasteiger partial charge in [0.25, 0.3) is 0 Å². The second-order valence-electron chi connectivity index (χ2n) is 6.30. The van der Waals surface area contributed by atoms with Crippen LogP contribution in [-0.2, 0) is 0 Å². The predicted molar refractivity (Wildman–Crippen MR) is 118 cm³/mol. The second-order valence-corrected chi connectivity index (χ2v) is 7.22. The number of halogens is 5. The van der Waals surface area contributed by atoms with E-state index in [9.17, 15) is 17.3 Å². The van der Waals surface area contributed by atoms with Gasteiger partial charge in [0.05, 0.1) is 18.2 Å². The Hall–Kier alpha value is -3.07. The van der Waals surface area contributed by atoms with Gasteiger partial charge in [-0.2, -0.15) is 0 Å². The van der Waals surface area contributed by atoms with Crippen LogP contribution in [0.4, 0.5) is 23.0 Å². The minimum absolute atomic E-state index is 0.766. The predicted octanol–water partition coefficient (Wildman–Crippen LogP) is 7.40. The van der Waals surface area contributed by atoms with Crippen LogP contribution in [0.25, 0.3) is 22.3 Å². The van der Waals surface area contributed by atoms with E-state index < -0.39 is 7.25 Å². The second kappa shape index (κ2) is 9.83. The fourth-order valence-corrected chi connectivity index (χ4v) is 3.03. The molecule has 0 amide bonds. The first-order chi connectivity index (χ1) is 14.7. The van der Waals surface area contributed by atoms with Gasteiger partial charge in [0, 0.05) is 21.5 Å². The molecule has 0 aliphatic heterocycles. The zero-order valence-corrected chi connectivity index (χ0v) is 17.8. The Morgan fingerprint density at radius 2 is 1.48 bits per heavy atom. The highest BCUT2D eigenvalue weighted by molar-refractivity contribution is 9.10. The summed E-state index contributed by atoms with van der Waals surface area (Å²) in [6, 6.07) is 25.7. The van der Waals surface area contributed by atoms with Gasteiger partial charge in [-0.15, -0.1) is 0 Å². The molecule has 3 nitrogen and oxygen atoms in total. The number of methoxy groups -OCH3 is 1. The van der Waals surface area contributed by atoms with Crippen molar-refractivity contribution in [2.24, 2.45) is 4.99 Å². The highest BCUT2D eigenvalue weighted by Crippen LogP contribution is 2.25. The van der Waals surface area contributed by atoms with E-state index >= 15 is 0 Å². The van der Waals surface area contributed by atoms with Crippen LogP contribution in [0.1, 0.15) is 0 Å². The first kappa shape index (κ1) is 22.6. The largest absolute Gasteiger partial charge is 0.673 e. The maximum Gasteiger partial charge on any atom is 0.673 e. The molecule has 0 unspecified atom stereocenters. The van der Waals surface area contributed by atoms with E-state index in [0.717, 1.165) is 43.6 Å². The number of nitrogens with zero attached hydrogens (tertiary/aromatic N) is 1. The summed E-state index contributed by atoms with van der Waals surface area (Å²) in [7, 11) is -4.34. The quantitative estimate of drug-likeness (QED) is 0.220. The molecule has 4 aromatic rings. The molecular formula is C22H16BBrF4NO2-. The molecule has 0 N–H and O–H groups in total. The minimum Gasteiger partial charge on any atom is -0.497 e. The molecule has 0 aliphatic rings. The zero-order chi connectivity index (χ0) is 22.4. The van der Waals surface area contributed by atoms with Gasteiger partial charge in [-0.3, -0.25) is 0 Å². The Morgan fingerprint density at radius 3 is 2.10 bits per heavy atom. The van der Waals surface area contributed by atoms with Crippen LogP contribution in [0.2, 0.25) is 0 Å². The van der Waals surface area contributed by atoms with Crippen molar-refractivity contribution in [3.8, 4) is 17.1 Å². The Morgan fingerprint density at radius 1 is 0.871 bits per heavy atom.